The number of para-hydroxylation sites is 1. The summed E-state index contributed by atoms with van der Waals surface area (Å²) in [5, 5.41) is 3.00. The van der Waals surface area contributed by atoms with Crippen LogP contribution in [0.3, 0.4) is 0 Å². The van der Waals surface area contributed by atoms with Gasteiger partial charge in [0.15, 0.2) is 0 Å². The first-order valence-corrected chi connectivity index (χ1v) is 5.80. The van der Waals surface area contributed by atoms with Gasteiger partial charge in [-0.15, -0.1) is 11.3 Å². The lowest BCUT2D eigenvalue weighted by molar-refractivity contribution is 0.412. The molecule has 0 aliphatic rings. The van der Waals surface area contributed by atoms with Crippen molar-refractivity contribution in [2.24, 2.45) is 0 Å². The number of rotatable bonds is 3. The molecular weight excluding hydrogens is 206 g/mol. The van der Waals surface area contributed by atoms with Gasteiger partial charge in [-0.25, -0.2) is 4.98 Å². The van der Waals surface area contributed by atoms with E-state index in [0.29, 0.717) is 0 Å². The maximum atomic E-state index is 5.46. The van der Waals surface area contributed by atoms with Crippen LogP contribution < -0.4 is 4.74 Å². The minimum absolute atomic E-state index is 0.954. The number of aryl methyl sites for hydroxylation is 1. The normalized spacial score (nSPS) is 10.3. The number of thiazole rings is 1. The largest absolute Gasteiger partial charge is 0.496 e. The number of hydrogen-bond donors (Lipinski definition) is 0. The molecule has 0 radical (unpaired) electrons. The van der Waals surface area contributed by atoms with Crippen molar-refractivity contribution in [3.05, 3.63) is 35.3 Å². The van der Waals surface area contributed by atoms with Crippen LogP contribution in [0.2, 0.25) is 0 Å². The van der Waals surface area contributed by atoms with Crippen LogP contribution in [0.15, 0.2) is 29.8 Å². The number of nitrogens with zero attached hydrogens (tertiary/aromatic N) is 1. The predicted octanol–water partition coefficient (Wildman–Crippen LogP) is 3.38. The molecule has 0 bridgehead atoms. The summed E-state index contributed by atoms with van der Waals surface area (Å²) >= 11 is 1.63. The molecule has 1 aromatic carbocycles. The zero-order valence-electron chi connectivity index (χ0n) is 8.86. The third-order valence-electron chi connectivity index (χ3n) is 2.34. The molecule has 0 aliphatic heterocycles. The Morgan fingerprint density at radius 2 is 2.27 bits per heavy atom. The Morgan fingerprint density at radius 1 is 1.40 bits per heavy atom. The van der Waals surface area contributed by atoms with Crippen molar-refractivity contribution in [1.82, 2.24) is 4.98 Å². The van der Waals surface area contributed by atoms with E-state index in [2.05, 4.69) is 30.1 Å². The van der Waals surface area contributed by atoms with Gasteiger partial charge in [-0.05, 0) is 18.1 Å². The molecule has 78 valence electrons. The van der Waals surface area contributed by atoms with Gasteiger partial charge in [0.1, 0.15) is 10.8 Å². The molecule has 0 spiro atoms. The fourth-order valence-electron chi connectivity index (χ4n) is 1.63. The zero-order valence-corrected chi connectivity index (χ0v) is 9.67. The molecule has 0 saturated heterocycles. The lowest BCUT2D eigenvalue weighted by Gasteiger charge is -2.10. The lowest BCUT2D eigenvalue weighted by Crippen LogP contribution is -1.93. The molecule has 15 heavy (non-hydrogen) atoms. The van der Waals surface area contributed by atoms with E-state index >= 15 is 0 Å². The van der Waals surface area contributed by atoms with Crippen LogP contribution in [-0.4, -0.2) is 12.1 Å². The third kappa shape index (κ3) is 1.88. The summed E-state index contributed by atoms with van der Waals surface area (Å²) < 4.78 is 5.46. The molecule has 0 aliphatic carbocycles. The summed E-state index contributed by atoms with van der Waals surface area (Å²) in [6.45, 7) is 2.13. The molecule has 0 unspecified atom stereocenters. The van der Waals surface area contributed by atoms with Gasteiger partial charge >= 0.3 is 0 Å². The number of methoxy groups -OCH3 is 1. The van der Waals surface area contributed by atoms with Gasteiger partial charge in [0.25, 0.3) is 0 Å². The number of hydrogen-bond acceptors (Lipinski definition) is 3. The van der Waals surface area contributed by atoms with E-state index < -0.39 is 0 Å². The number of aromatic nitrogens is 1. The molecule has 0 saturated carbocycles. The second-order valence-electron chi connectivity index (χ2n) is 3.19. The molecular formula is C12H13NOS. The van der Waals surface area contributed by atoms with Gasteiger partial charge in [0.05, 0.1) is 12.7 Å². The van der Waals surface area contributed by atoms with Crippen LogP contribution in [0.4, 0.5) is 0 Å². The molecule has 2 aromatic rings. The lowest BCUT2D eigenvalue weighted by atomic mass is 10.1. The minimum atomic E-state index is 0.954. The minimum Gasteiger partial charge on any atom is -0.496 e. The molecule has 1 heterocycles. The second kappa shape index (κ2) is 4.45. The van der Waals surface area contributed by atoms with Crippen molar-refractivity contribution in [3.8, 4) is 16.3 Å². The van der Waals surface area contributed by atoms with E-state index in [1.54, 1.807) is 18.4 Å². The van der Waals surface area contributed by atoms with Crippen LogP contribution in [0, 0.1) is 0 Å². The van der Waals surface area contributed by atoms with Crippen LogP contribution in [0.25, 0.3) is 10.6 Å². The van der Waals surface area contributed by atoms with Gasteiger partial charge in [-0.2, -0.15) is 0 Å². The first-order chi connectivity index (χ1) is 7.36. The summed E-state index contributed by atoms with van der Waals surface area (Å²) in [7, 11) is 1.71. The smallest absolute Gasteiger partial charge is 0.132 e. The molecule has 1 aromatic heterocycles. The van der Waals surface area contributed by atoms with Crippen molar-refractivity contribution >= 4 is 11.3 Å². The quantitative estimate of drug-likeness (QED) is 0.789. The molecule has 0 atom stereocenters. The van der Waals surface area contributed by atoms with Gasteiger partial charge < -0.3 is 4.74 Å². The van der Waals surface area contributed by atoms with Crippen LogP contribution in [0.5, 0.6) is 5.75 Å². The standard InChI is InChI=1S/C12H13NOS/c1-3-9-5-4-6-10(11(9)14-2)12-13-7-8-15-12/h4-8H,3H2,1-2H3. The molecule has 0 amide bonds. The first-order valence-electron chi connectivity index (χ1n) is 4.92. The molecule has 3 heteroatoms. The van der Waals surface area contributed by atoms with Crippen molar-refractivity contribution in [1.29, 1.82) is 0 Å². The Hall–Kier alpha value is -1.35. The Kier molecular flexibility index (Phi) is 3.02. The van der Waals surface area contributed by atoms with Crippen molar-refractivity contribution in [2.75, 3.05) is 7.11 Å². The number of ether oxygens (including phenoxy) is 1. The Bertz CT molecular complexity index is 437. The summed E-state index contributed by atoms with van der Waals surface area (Å²) in [6.07, 6.45) is 2.79. The average molecular weight is 219 g/mol. The van der Waals surface area contributed by atoms with Gasteiger partial charge in [0.2, 0.25) is 0 Å². The molecule has 2 rings (SSSR count). The van der Waals surface area contributed by atoms with E-state index in [0.717, 1.165) is 22.7 Å². The van der Waals surface area contributed by atoms with Crippen LogP contribution in [0.1, 0.15) is 12.5 Å². The highest BCUT2D eigenvalue weighted by Crippen LogP contribution is 2.34. The summed E-state index contributed by atoms with van der Waals surface area (Å²) in [5.74, 6) is 0.954. The summed E-state index contributed by atoms with van der Waals surface area (Å²) in [4.78, 5) is 4.31. The van der Waals surface area contributed by atoms with Crippen LogP contribution in [-0.2, 0) is 6.42 Å². The molecule has 0 fully saturated rings. The van der Waals surface area contributed by atoms with E-state index in [-0.39, 0.29) is 0 Å². The van der Waals surface area contributed by atoms with Crippen molar-refractivity contribution < 1.29 is 4.74 Å². The monoisotopic (exact) mass is 219 g/mol. The average Bonchev–Trinajstić information content (AvgIpc) is 2.81. The summed E-state index contributed by atoms with van der Waals surface area (Å²) in [5.41, 5.74) is 2.32. The summed E-state index contributed by atoms with van der Waals surface area (Å²) in [6, 6.07) is 6.20. The second-order valence-corrected chi connectivity index (χ2v) is 4.08. The van der Waals surface area contributed by atoms with Crippen molar-refractivity contribution in [3.63, 3.8) is 0 Å². The van der Waals surface area contributed by atoms with Gasteiger partial charge in [-0.1, -0.05) is 19.1 Å². The SMILES string of the molecule is CCc1cccc(-c2nccs2)c1OC. The highest BCUT2D eigenvalue weighted by molar-refractivity contribution is 7.13. The van der Waals surface area contributed by atoms with E-state index in [9.17, 15) is 0 Å². The third-order valence-corrected chi connectivity index (χ3v) is 3.15. The maximum Gasteiger partial charge on any atom is 0.132 e. The Labute approximate surface area is 93.6 Å². The zero-order chi connectivity index (χ0) is 10.7. The maximum absolute atomic E-state index is 5.46. The fourth-order valence-corrected chi connectivity index (χ4v) is 2.29. The van der Waals surface area contributed by atoms with Crippen molar-refractivity contribution in [2.45, 2.75) is 13.3 Å². The first kappa shape index (κ1) is 10.2. The highest BCUT2D eigenvalue weighted by Gasteiger charge is 2.10. The van der Waals surface area contributed by atoms with E-state index in [4.69, 9.17) is 4.74 Å². The van der Waals surface area contributed by atoms with Crippen LogP contribution >= 0.6 is 11.3 Å². The predicted molar refractivity (Wildman–Crippen MR) is 63.5 cm³/mol. The topological polar surface area (TPSA) is 22.1 Å². The Balaban J connectivity index is 2.56. The Morgan fingerprint density at radius 3 is 2.87 bits per heavy atom. The van der Waals surface area contributed by atoms with Gasteiger partial charge in [0, 0.05) is 11.6 Å². The van der Waals surface area contributed by atoms with E-state index in [1.165, 1.54) is 5.56 Å². The highest BCUT2D eigenvalue weighted by atomic mass is 32.1. The fraction of sp³-hybridized carbons (Fsp3) is 0.250. The van der Waals surface area contributed by atoms with Gasteiger partial charge in [-0.3, -0.25) is 0 Å². The molecule has 2 nitrogen and oxygen atoms in total. The van der Waals surface area contributed by atoms with E-state index in [1.807, 2.05) is 11.6 Å². The number of benzene rings is 1. The molecule has 0 N–H and O–H groups in total.